The fraction of sp³-hybridized carbons (Fsp3) is 0.273. The van der Waals surface area contributed by atoms with Crippen molar-refractivity contribution in [2.45, 2.75) is 32.9 Å². The SMILES string of the molecule is CCOc1ccccc1N1C(=O)C(SC(C)C)=C(c2ccc(C)cc2)C1=O. The van der Waals surface area contributed by atoms with E-state index >= 15 is 0 Å². The first-order valence-corrected chi connectivity index (χ1v) is 9.90. The van der Waals surface area contributed by atoms with Crippen molar-refractivity contribution in [1.29, 1.82) is 0 Å². The van der Waals surface area contributed by atoms with Crippen LogP contribution in [-0.2, 0) is 9.59 Å². The average molecular weight is 381 g/mol. The summed E-state index contributed by atoms with van der Waals surface area (Å²) in [6, 6.07) is 14.9. The van der Waals surface area contributed by atoms with E-state index in [1.807, 2.05) is 58.0 Å². The minimum Gasteiger partial charge on any atom is -0.492 e. The number of aryl methyl sites for hydroxylation is 1. The summed E-state index contributed by atoms with van der Waals surface area (Å²) in [6.07, 6.45) is 0. The van der Waals surface area contributed by atoms with Crippen LogP contribution in [0, 0.1) is 6.92 Å². The van der Waals surface area contributed by atoms with Gasteiger partial charge in [-0.1, -0.05) is 55.8 Å². The number of ether oxygens (including phenoxy) is 1. The number of para-hydroxylation sites is 2. The van der Waals surface area contributed by atoms with Crippen LogP contribution in [0.2, 0.25) is 0 Å². The zero-order valence-corrected chi connectivity index (χ0v) is 16.8. The van der Waals surface area contributed by atoms with Crippen LogP contribution in [-0.4, -0.2) is 23.7 Å². The summed E-state index contributed by atoms with van der Waals surface area (Å²) >= 11 is 1.43. The minimum absolute atomic E-state index is 0.180. The molecule has 3 rings (SSSR count). The molecule has 0 saturated heterocycles. The second kappa shape index (κ2) is 8.01. The standard InChI is InChI=1S/C22H23NO3S/c1-5-26-18-9-7-6-8-17(18)23-21(24)19(16-12-10-15(4)11-13-16)20(22(23)25)27-14(2)3/h6-14H,5H2,1-4H3. The maximum absolute atomic E-state index is 13.3. The number of imide groups is 1. The number of carbonyl (C=O) groups is 2. The lowest BCUT2D eigenvalue weighted by Gasteiger charge is -2.19. The van der Waals surface area contributed by atoms with Gasteiger partial charge in [-0.15, -0.1) is 11.8 Å². The number of carbonyl (C=O) groups excluding carboxylic acids is 2. The molecule has 0 radical (unpaired) electrons. The van der Waals surface area contributed by atoms with Crippen LogP contribution in [0.4, 0.5) is 5.69 Å². The van der Waals surface area contributed by atoms with E-state index in [0.29, 0.717) is 28.5 Å². The molecular formula is C22H23NO3S. The topological polar surface area (TPSA) is 46.6 Å². The summed E-state index contributed by atoms with van der Waals surface area (Å²) in [7, 11) is 0. The highest BCUT2D eigenvalue weighted by Crippen LogP contribution is 2.42. The molecule has 140 valence electrons. The molecule has 0 bridgehead atoms. The van der Waals surface area contributed by atoms with Crippen molar-refractivity contribution in [3.05, 3.63) is 64.6 Å². The van der Waals surface area contributed by atoms with Crippen molar-refractivity contribution in [2.75, 3.05) is 11.5 Å². The Morgan fingerprint density at radius 1 is 1.00 bits per heavy atom. The Morgan fingerprint density at radius 3 is 2.30 bits per heavy atom. The van der Waals surface area contributed by atoms with Crippen LogP contribution in [0.3, 0.4) is 0 Å². The molecule has 0 N–H and O–H groups in total. The van der Waals surface area contributed by atoms with Gasteiger partial charge < -0.3 is 4.74 Å². The van der Waals surface area contributed by atoms with Gasteiger partial charge in [-0.25, -0.2) is 4.90 Å². The van der Waals surface area contributed by atoms with E-state index in [4.69, 9.17) is 4.74 Å². The van der Waals surface area contributed by atoms with E-state index in [0.717, 1.165) is 11.1 Å². The lowest BCUT2D eigenvalue weighted by Crippen LogP contribution is -2.31. The number of hydrogen-bond donors (Lipinski definition) is 0. The molecule has 1 heterocycles. The Kier molecular flexibility index (Phi) is 5.71. The number of thioether (sulfide) groups is 1. The predicted octanol–water partition coefficient (Wildman–Crippen LogP) is 4.82. The number of amides is 2. The molecule has 1 aliphatic rings. The van der Waals surface area contributed by atoms with Crippen LogP contribution in [0.25, 0.3) is 5.57 Å². The third-order valence-electron chi connectivity index (χ3n) is 4.14. The number of hydrogen-bond acceptors (Lipinski definition) is 4. The highest BCUT2D eigenvalue weighted by Gasteiger charge is 2.41. The molecule has 4 nitrogen and oxygen atoms in total. The molecule has 0 saturated carbocycles. The van der Waals surface area contributed by atoms with Crippen LogP contribution in [0.5, 0.6) is 5.75 Å². The normalized spacial score (nSPS) is 14.5. The van der Waals surface area contributed by atoms with Gasteiger partial charge >= 0.3 is 0 Å². The third kappa shape index (κ3) is 3.78. The largest absolute Gasteiger partial charge is 0.492 e. The quantitative estimate of drug-likeness (QED) is 0.673. The minimum atomic E-state index is -0.306. The van der Waals surface area contributed by atoms with Crippen LogP contribution < -0.4 is 9.64 Å². The highest BCUT2D eigenvalue weighted by atomic mass is 32.2. The van der Waals surface area contributed by atoms with Crippen molar-refractivity contribution in [3.8, 4) is 5.75 Å². The Hall–Kier alpha value is -2.53. The second-order valence-corrected chi connectivity index (χ2v) is 8.17. The lowest BCUT2D eigenvalue weighted by atomic mass is 10.0. The van der Waals surface area contributed by atoms with E-state index < -0.39 is 0 Å². The van der Waals surface area contributed by atoms with Crippen molar-refractivity contribution >= 4 is 34.8 Å². The van der Waals surface area contributed by atoms with Gasteiger partial charge in [0.2, 0.25) is 0 Å². The monoisotopic (exact) mass is 381 g/mol. The van der Waals surface area contributed by atoms with Gasteiger partial charge in [0.05, 0.1) is 22.8 Å². The fourth-order valence-corrected chi connectivity index (χ4v) is 3.95. The Bertz CT molecular complexity index is 900. The van der Waals surface area contributed by atoms with Crippen molar-refractivity contribution in [1.82, 2.24) is 0 Å². The predicted molar refractivity (Wildman–Crippen MR) is 111 cm³/mol. The number of benzene rings is 2. The molecule has 0 aliphatic carbocycles. The van der Waals surface area contributed by atoms with Crippen LogP contribution in [0.15, 0.2) is 53.4 Å². The van der Waals surface area contributed by atoms with E-state index in [1.165, 1.54) is 16.7 Å². The van der Waals surface area contributed by atoms with Crippen molar-refractivity contribution < 1.29 is 14.3 Å². The first-order valence-electron chi connectivity index (χ1n) is 9.02. The third-order valence-corrected chi connectivity index (χ3v) is 5.23. The zero-order valence-electron chi connectivity index (χ0n) is 16.0. The van der Waals surface area contributed by atoms with E-state index in [-0.39, 0.29) is 17.1 Å². The van der Waals surface area contributed by atoms with Crippen molar-refractivity contribution in [2.24, 2.45) is 0 Å². The molecule has 0 unspecified atom stereocenters. The summed E-state index contributed by atoms with van der Waals surface area (Å²) in [6.45, 7) is 8.35. The Balaban J connectivity index is 2.11. The van der Waals surface area contributed by atoms with Gasteiger partial charge in [0.15, 0.2) is 0 Å². The average Bonchev–Trinajstić information content (AvgIpc) is 2.87. The molecule has 0 aromatic heterocycles. The Labute approximate surface area is 164 Å². The van der Waals surface area contributed by atoms with Gasteiger partial charge in [0.25, 0.3) is 11.8 Å². The summed E-state index contributed by atoms with van der Waals surface area (Å²) in [5.74, 6) is -0.0682. The molecule has 1 aliphatic heterocycles. The lowest BCUT2D eigenvalue weighted by molar-refractivity contribution is -0.119. The van der Waals surface area contributed by atoms with Gasteiger partial charge in [-0.05, 0) is 31.5 Å². The van der Waals surface area contributed by atoms with Crippen molar-refractivity contribution in [3.63, 3.8) is 0 Å². The first kappa shape index (κ1) is 19.2. The molecule has 0 spiro atoms. The van der Waals surface area contributed by atoms with Gasteiger partial charge in [-0.3, -0.25) is 9.59 Å². The highest BCUT2D eigenvalue weighted by molar-refractivity contribution is 8.04. The molecule has 2 aromatic rings. The number of anilines is 1. The van der Waals surface area contributed by atoms with Gasteiger partial charge in [-0.2, -0.15) is 0 Å². The second-order valence-electron chi connectivity index (χ2n) is 6.58. The summed E-state index contributed by atoms with van der Waals surface area (Å²) in [5, 5.41) is 0.180. The fourth-order valence-electron chi connectivity index (χ4n) is 2.97. The smallest absolute Gasteiger partial charge is 0.272 e. The van der Waals surface area contributed by atoms with Gasteiger partial charge in [0, 0.05) is 5.25 Å². The van der Waals surface area contributed by atoms with Crippen LogP contribution >= 0.6 is 11.8 Å². The molecule has 5 heteroatoms. The van der Waals surface area contributed by atoms with Gasteiger partial charge in [0.1, 0.15) is 5.75 Å². The molecule has 0 fully saturated rings. The maximum atomic E-state index is 13.3. The molecule has 0 atom stereocenters. The molecule has 2 aromatic carbocycles. The molecule has 27 heavy (non-hydrogen) atoms. The number of rotatable bonds is 6. The summed E-state index contributed by atoms with van der Waals surface area (Å²) in [4.78, 5) is 28.3. The summed E-state index contributed by atoms with van der Waals surface area (Å²) < 4.78 is 5.65. The van der Waals surface area contributed by atoms with E-state index in [9.17, 15) is 9.59 Å². The molecular weight excluding hydrogens is 358 g/mol. The van der Waals surface area contributed by atoms with Crippen LogP contribution in [0.1, 0.15) is 31.9 Å². The maximum Gasteiger partial charge on any atom is 0.272 e. The van der Waals surface area contributed by atoms with E-state index in [2.05, 4.69) is 0 Å². The number of nitrogens with zero attached hydrogens (tertiary/aromatic N) is 1. The van der Waals surface area contributed by atoms with E-state index in [1.54, 1.807) is 18.2 Å². The summed E-state index contributed by atoms with van der Waals surface area (Å²) in [5.41, 5.74) is 2.81. The first-order chi connectivity index (χ1) is 12.9. The molecule has 2 amide bonds. The Morgan fingerprint density at radius 2 is 1.67 bits per heavy atom. The zero-order chi connectivity index (χ0) is 19.6.